The van der Waals surface area contributed by atoms with Gasteiger partial charge in [0.05, 0.1) is 17.3 Å². The maximum atomic E-state index is 14.0. The largest absolute Gasteiger partial charge is 0.508 e. The smallest absolute Gasteiger partial charge is 0.255 e. The number of carbonyl (C=O) groups excluding carboxylic acids is 4. The lowest BCUT2D eigenvalue weighted by molar-refractivity contribution is -0.153. The summed E-state index contributed by atoms with van der Waals surface area (Å²) in [7, 11) is 6.56. The van der Waals surface area contributed by atoms with E-state index < -0.39 is 75.7 Å². The van der Waals surface area contributed by atoms with Crippen LogP contribution in [0.1, 0.15) is 29.2 Å². The summed E-state index contributed by atoms with van der Waals surface area (Å²) in [6.45, 7) is 0. The van der Waals surface area contributed by atoms with Gasteiger partial charge in [0, 0.05) is 11.5 Å². The number of aromatic hydroxyl groups is 1. The molecule has 12 heteroatoms. The molecule has 0 aliphatic heterocycles. The lowest BCUT2D eigenvalue weighted by atomic mass is 9.57. The molecule has 0 aromatic heterocycles. The van der Waals surface area contributed by atoms with Gasteiger partial charge >= 0.3 is 0 Å². The third-order valence-electron chi connectivity index (χ3n) is 8.73. The molecule has 0 heterocycles. The molecule has 3 aliphatic rings. The highest BCUT2D eigenvalue weighted by Crippen LogP contribution is 2.53. The fourth-order valence-corrected chi connectivity index (χ4v) is 6.84. The highest BCUT2D eigenvalue weighted by Gasteiger charge is 2.64. The van der Waals surface area contributed by atoms with Crippen LogP contribution in [0.15, 0.2) is 59.4 Å². The van der Waals surface area contributed by atoms with Crippen LogP contribution in [0.4, 0.5) is 5.69 Å². The average molecular weight is 591 g/mol. The number of anilines is 1. The van der Waals surface area contributed by atoms with Crippen molar-refractivity contribution in [3.05, 3.63) is 76.1 Å². The van der Waals surface area contributed by atoms with Gasteiger partial charge in [0.2, 0.25) is 11.7 Å². The van der Waals surface area contributed by atoms with E-state index >= 15 is 0 Å². The van der Waals surface area contributed by atoms with Crippen molar-refractivity contribution >= 4 is 34.8 Å². The Morgan fingerprint density at radius 2 is 1.67 bits per heavy atom. The second-order valence-electron chi connectivity index (χ2n) is 11.7. The van der Waals surface area contributed by atoms with Gasteiger partial charge in [-0.1, -0.05) is 36.4 Å². The van der Waals surface area contributed by atoms with Crippen molar-refractivity contribution < 1.29 is 39.6 Å². The second kappa shape index (κ2) is 10.6. The number of phenols is 1. The first-order valence-corrected chi connectivity index (χ1v) is 13.7. The van der Waals surface area contributed by atoms with E-state index in [2.05, 4.69) is 5.32 Å². The number of nitrogens with two attached hydrogens (primary N) is 1. The first-order valence-electron chi connectivity index (χ1n) is 13.7. The van der Waals surface area contributed by atoms with Crippen molar-refractivity contribution in [2.45, 2.75) is 30.5 Å². The molecule has 3 aliphatic carbocycles. The van der Waals surface area contributed by atoms with Crippen molar-refractivity contribution in [1.82, 2.24) is 9.80 Å². The van der Waals surface area contributed by atoms with E-state index in [-0.39, 0.29) is 29.7 Å². The van der Waals surface area contributed by atoms with E-state index in [0.29, 0.717) is 5.56 Å². The van der Waals surface area contributed by atoms with Crippen molar-refractivity contribution in [2.75, 3.05) is 33.5 Å². The Morgan fingerprint density at radius 1 is 1.02 bits per heavy atom. The van der Waals surface area contributed by atoms with E-state index in [1.54, 1.807) is 63.4 Å². The molecule has 2 aromatic carbocycles. The van der Waals surface area contributed by atoms with Crippen LogP contribution >= 0.6 is 0 Å². The predicted octanol–water partition coefficient (Wildman–Crippen LogP) is 1.21. The molecule has 1 fully saturated rings. The number of Topliss-reactive ketones (excluding diaryl/α,β-unsaturated/α-hetero) is 2. The van der Waals surface area contributed by atoms with Crippen LogP contribution in [0.2, 0.25) is 0 Å². The number of likely N-dealkylation sites (N-methyl/N-ethyl adjacent to an activating group) is 2. The zero-order chi connectivity index (χ0) is 31.5. The second-order valence-corrected chi connectivity index (χ2v) is 11.7. The number of fused-ring (bicyclic) bond motifs is 3. The van der Waals surface area contributed by atoms with Crippen LogP contribution in [0, 0.1) is 11.8 Å². The molecule has 1 saturated carbocycles. The minimum atomic E-state index is -2.72. The molecule has 3 unspecified atom stereocenters. The molecule has 43 heavy (non-hydrogen) atoms. The maximum absolute atomic E-state index is 14.0. The number of ketones is 2. The van der Waals surface area contributed by atoms with Gasteiger partial charge in [-0.25, -0.2) is 0 Å². The molecule has 12 nitrogen and oxygen atoms in total. The molecule has 5 rings (SSSR count). The van der Waals surface area contributed by atoms with E-state index in [1.807, 2.05) is 6.07 Å². The number of phenolic OH excluding ortho intramolecular Hbond substituents is 1. The Morgan fingerprint density at radius 3 is 2.26 bits per heavy atom. The van der Waals surface area contributed by atoms with Crippen LogP contribution in [-0.2, 0) is 25.6 Å². The van der Waals surface area contributed by atoms with Crippen molar-refractivity contribution in [2.24, 2.45) is 17.6 Å². The van der Waals surface area contributed by atoms with Gasteiger partial charge in [-0.2, -0.15) is 0 Å². The number of carbonyl (C=O) groups is 4. The zero-order valence-corrected chi connectivity index (χ0v) is 24.2. The summed E-state index contributed by atoms with van der Waals surface area (Å²) in [5, 5.41) is 48.1. The fraction of sp³-hybridized carbons (Fsp3) is 0.355. The number of nitrogens with one attached hydrogen (secondary N) is 1. The van der Waals surface area contributed by atoms with Crippen LogP contribution in [0.3, 0.4) is 0 Å². The third kappa shape index (κ3) is 4.49. The molecular weight excluding hydrogens is 556 g/mol. The normalized spacial score (nSPS) is 25.8. The van der Waals surface area contributed by atoms with Gasteiger partial charge < -0.3 is 31.5 Å². The Bertz CT molecular complexity index is 1610. The van der Waals surface area contributed by atoms with Gasteiger partial charge in [0.25, 0.3) is 5.91 Å². The average Bonchev–Trinajstić information content (AvgIpc) is 2.92. The third-order valence-corrected chi connectivity index (χ3v) is 8.73. The van der Waals surface area contributed by atoms with Crippen LogP contribution in [0.25, 0.3) is 5.76 Å². The molecule has 0 spiro atoms. The predicted molar refractivity (Wildman–Crippen MR) is 156 cm³/mol. The fourth-order valence-electron chi connectivity index (χ4n) is 6.84. The molecule has 0 radical (unpaired) electrons. The first-order chi connectivity index (χ1) is 20.2. The summed E-state index contributed by atoms with van der Waals surface area (Å²) < 4.78 is 0. The van der Waals surface area contributed by atoms with Gasteiger partial charge in [-0.3, -0.25) is 29.0 Å². The number of aliphatic hydroxyl groups excluding tert-OH is 2. The summed E-state index contributed by atoms with van der Waals surface area (Å²) in [6.07, 6.45) is 0.146. The number of benzene rings is 2. The molecular formula is C31H34N4O8. The number of hydrogen-bond donors (Lipinski definition) is 6. The lowest BCUT2D eigenvalue weighted by Gasteiger charge is -2.50. The molecule has 226 valence electrons. The van der Waals surface area contributed by atoms with E-state index in [1.165, 1.54) is 11.0 Å². The summed E-state index contributed by atoms with van der Waals surface area (Å²) in [4.78, 5) is 55.8. The van der Waals surface area contributed by atoms with Crippen molar-refractivity contribution in [3.63, 3.8) is 0 Å². The van der Waals surface area contributed by atoms with Crippen molar-refractivity contribution in [3.8, 4) is 5.75 Å². The highest BCUT2D eigenvalue weighted by molar-refractivity contribution is 6.24. The summed E-state index contributed by atoms with van der Waals surface area (Å²) in [6, 6.07) is 10.3. The highest BCUT2D eigenvalue weighted by atomic mass is 16.3. The molecule has 7 N–H and O–H groups in total. The molecule has 0 saturated heterocycles. The van der Waals surface area contributed by atoms with Gasteiger partial charge in [-0.15, -0.1) is 0 Å². The monoisotopic (exact) mass is 590 g/mol. The Balaban J connectivity index is 1.58. The Labute approximate surface area is 247 Å². The molecule has 2 amide bonds. The van der Waals surface area contributed by atoms with Gasteiger partial charge in [0.1, 0.15) is 28.9 Å². The minimum Gasteiger partial charge on any atom is -0.508 e. The Hall–Kier alpha value is -4.52. The van der Waals surface area contributed by atoms with Gasteiger partial charge in [-0.05, 0) is 64.1 Å². The van der Waals surface area contributed by atoms with Crippen LogP contribution in [-0.4, -0.2) is 93.4 Å². The number of amides is 2. The molecule has 2 aromatic rings. The summed E-state index contributed by atoms with van der Waals surface area (Å²) in [5.41, 5.74) is 2.59. The number of nitrogens with zero attached hydrogens (tertiary/aromatic N) is 2. The van der Waals surface area contributed by atoms with Gasteiger partial charge in [0.15, 0.2) is 11.4 Å². The van der Waals surface area contributed by atoms with E-state index in [4.69, 9.17) is 5.73 Å². The Kier molecular flexibility index (Phi) is 7.41. The lowest BCUT2D eigenvalue weighted by Crippen LogP contribution is -2.65. The number of rotatable bonds is 6. The SMILES string of the molecule is CN(C)C(C(=O)Nc1ccc2c(c1O)C(O)=C1C(=O)[C@]3(O)C(O)=C(C(N)=O)C(=O)[C@@H](N(C)C)C3CC1C2)c1ccccc1. The first kappa shape index (κ1) is 30.0. The maximum Gasteiger partial charge on any atom is 0.255 e. The summed E-state index contributed by atoms with van der Waals surface area (Å²) >= 11 is 0. The number of hydrogen-bond acceptors (Lipinski definition) is 10. The standard InChI is InChI=1S/C31H34N4O8/c1-34(2)22(14-8-6-5-7-9-14)30(42)33-18-11-10-15-12-16-13-17-23(35(3)4)26(38)21(29(32)41)28(40)31(17,43)27(39)20(16)25(37)19(15)24(18)36/h5-11,16-17,22-23,36-37,40,43H,12-13H2,1-4H3,(H2,32,41)(H,33,42)/t16?,17?,22?,23-,31-/m0/s1. The topological polar surface area (TPSA) is 194 Å². The van der Waals surface area contributed by atoms with E-state index in [9.17, 15) is 39.6 Å². The number of aliphatic hydroxyl groups is 3. The number of primary amides is 1. The minimum absolute atomic E-state index is 0.00734. The quantitative estimate of drug-likeness (QED) is 0.210. The van der Waals surface area contributed by atoms with E-state index in [0.717, 1.165) is 5.56 Å². The molecule has 0 bridgehead atoms. The summed E-state index contributed by atoms with van der Waals surface area (Å²) in [5.74, 6) is -7.75. The molecule has 5 atom stereocenters. The zero-order valence-electron chi connectivity index (χ0n) is 24.2. The van der Waals surface area contributed by atoms with Crippen molar-refractivity contribution in [1.29, 1.82) is 0 Å². The van der Waals surface area contributed by atoms with Crippen LogP contribution in [0.5, 0.6) is 5.75 Å². The van der Waals surface area contributed by atoms with Crippen LogP contribution < -0.4 is 11.1 Å².